The first-order valence-electron chi connectivity index (χ1n) is 8.80. The van der Waals surface area contributed by atoms with Crippen molar-refractivity contribution in [3.8, 4) is 11.4 Å². The number of thioether (sulfide) groups is 1. The van der Waals surface area contributed by atoms with E-state index in [1.54, 1.807) is 35.9 Å². The lowest BCUT2D eigenvalue weighted by Gasteiger charge is -2.14. The topological polar surface area (TPSA) is 44.1 Å². The van der Waals surface area contributed by atoms with Gasteiger partial charge < -0.3 is 4.74 Å². The highest BCUT2D eigenvalue weighted by molar-refractivity contribution is 7.98. The maximum absolute atomic E-state index is 13.3. The number of para-hydroxylation sites is 2. The normalized spacial score (nSPS) is 11.0. The number of rotatable bonds is 5. The lowest BCUT2D eigenvalue weighted by atomic mass is 10.2. The highest BCUT2D eigenvalue weighted by Crippen LogP contribution is 2.30. The molecular weight excluding hydrogens is 427 g/mol. The average Bonchev–Trinajstić information content (AvgIpc) is 2.74. The summed E-state index contributed by atoms with van der Waals surface area (Å²) in [6.07, 6.45) is 0. The zero-order chi connectivity index (χ0) is 20.4. The Morgan fingerprint density at radius 2 is 1.76 bits per heavy atom. The van der Waals surface area contributed by atoms with Crippen LogP contribution in [0.5, 0.6) is 5.75 Å². The molecule has 3 aromatic carbocycles. The number of fused-ring (bicyclic) bond motifs is 1. The molecule has 7 heteroatoms. The fourth-order valence-electron chi connectivity index (χ4n) is 3.03. The predicted octanol–water partition coefficient (Wildman–Crippen LogP) is 5.99. The summed E-state index contributed by atoms with van der Waals surface area (Å²) in [5.41, 5.74) is 2.13. The fourth-order valence-corrected chi connectivity index (χ4v) is 4.32. The summed E-state index contributed by atoms with van der Waals surface area (Å²) in [4.78, 5) is 18.0. The second kappa shape index (κ2) is 8.49. The third-order valence-electron chi connectivity index (χ3n) is 4.46. The first-order valence-corrected chi connectivity index (χ1v) is 10.5. The molecule has 0 amide bonds. The maximum Gasteiger partial charge on any atom is 0.266 e. The second-order valence-corrected chi connectivity index (χ2v) is 8.01. The molecule has 1 aromatic heterocycles. The molecule has 0 bridgehead atoms. The second-order valence-electron chi connectivity index (χ2n) is 6.25. The molecule has 4 aromatic rings. The summed E-state index contributed by atoms with van der Waals surface area (Å²) < 4.78 is 7.01. The molecule has 0 aliphatic carbocycles. The van der Waals surface area contributed by atoms with E-state index < -0.39 is 0 Å². The summed E-state index contributed by atoms with van der Waals surface area (Å²) in [6, 6.07) is 20.2. The highest BCUT2D eigenvalue weighted by Gasteiger charge is 2.15. The Kier molecular flexibility index (Phi) is 5.81. The minimum atomic E-state index is -0.156. The van der Waals surface area contributed by atoms with Crippen LogP contribution in [0.2, 0.25) is 10.0 Å². The van der Waals surface area contributed by atoms with E-state index in [2.05, 4.69) is 0 Å². The van der Waals surface area contributed by atoms with Crippen molar-refractivity contribution in [1.82, 2.24) is 9.55 Å². The lowest BCUT2D eigenvalue weighted by molar-refractivity contribution is 0.411. The monoisotopic (exact) mass is 442 g/mol. The Bertz CT molecular complexity index is 1260. The van der Waals surface area contributed by atoms with Crippen molar-refractivity contribution in [2.24, 2.45) is 0 Å². The molecule has 0 aliphatic heterocycles. The van der Waals surface area contributed by atoms with Gasteiger partial charge in [0.1, 0.15) is 5.75 Å². The van der Waals surface area contributed by atoms with Gasteiger partial charge in [-0.1, -0.05) is 65.3 Å². The van der Waals surface area contributed by atoms with Gasteiger partial charge >= 0.3 is 0 Å². The Morgan fingerprint density at radius 3 is 2.55 bits per heavy atom. The van der Waals surface area contributed by atoms with Gasteiger partial charge in [0.15, 0.2) is 5.16 Å². The number of hydrogen-bond acceptors (Lipinski definition) is 4. The molecule has 0 unspecified atom stereocenters. The van der Waals surface area contributed by atoms with E-state index in [9.17, 15) is 4.79 Å². The van der Waals surface area contributed by atoms with Crippen molar-refractivity contribution in [2.75, 3.05) is 7.11 Å². The zero-order valence-corrected chi connectivity index (χ0v) is 17.8. The molecule has 4 rings (SSSR count). The SMILES string of the molecule is COc1ccccc1CSc1nc2ccccc2c(=O)n1-c1ccc(Cl)c(Cl)c1. The number of aromatic nitrogens is 2. The predicted molar refractivity (Wildman–Crippen MR) is 120 cm³/mol. The Morgan fingerprint density at radius 1 is 1.00 bits per heavy atom. The molecule has 1 heterocycles. The summed E-state index contributed by atoms with van der Waals surface area (Å²) in [6.45, 7) is 0. The minimum Gasteiger partial charge on any atom is -0.496 e. The highest BCUT2D eigenvalue weighted by atomic mass is 35.5. The molecule has 0 aliphatic rings. The van der Waals surface area contributed by atoms with Crippen molar-refractivity contribution in [2.45, 2.75) is 10.9 Å². The van der Waals surface area contributed by atoms with Crippen LogP contribution in [0.4, 0.5) is 0 Å². The van der Waals surface area contributed by atoms with Crippen molar-refractivity contribution in [1.29, 1.82) is 0 Å². The lowest BCUT2D eigenvalue weighted by Crippen LogP contribution is -2.21. The minimum absolute atomic E-state index is 0.156. The van der Waals surface area contributed by atoms with Crippen LogP contribution in [0.25, 0.3) is 16.6 Å². The van der Waals surface area contributed by atoms with Gasteiger partial charge in [-0.2, -0.15) is 0 Å². The van der Waals surface area contributed by atoms with Gasteiger partial charge in [0.05, 0.1) is 33.7 Å². The number of benzene rings is 3. The van der Waals surface area contributed by atoms with Gasteiger partial charge in [-0.25, -0.2) is 4.98 Å². The van der Waals surface area contributed by atoms with Crippen LogP contribution in [-0.2, 0) is 5.75 Å². The summed E-state index contributed by atoms with van der Waals surface area (Å²) >= 11 is 13.7. The molecular formula is C22H16Cl2N2O2S. The molecule has 29 heavy (non-hydrogen) atoms. The number of halogens is 2. The van der Waals surface area contributed by atoms with Gasteiger partial charge in [0.25, 0.3) is 5.56 Å². The molecule has 0 spiro atoms. The van der Waals surface area contributed by atoms with Crippen LogP contribution in [0.3, 0.4) is 0 Å². The van der Waals surface area contributed by atoms with E-state index in [1.807, 2.05) is 42.5 Å². The van der Waals surface area contributed by atoms with E-state index in [1.165, 1.54) is 11.8 Å². The van der Waals surface area contributed by atoms with Gasteiger partial charge in [-0.3, -0.25) is 9.36 Å². The van der Waals surface area contributed by atoms with Crippen LogP contribution < -0.4 is 10.3 Å². The van der Waals surface area contributed by atoms with E-state index in [0.717, 1.165) is 11.3 Å². The number of methoxy groups -OCH3 is 1. The standard InChI is InChI=1S/C22H16Cl2N2O2S/c1-28-20-9-5-2-6-14(20)13-29-22-25-19-8-4-3-7-16(19)21(27)26(22)15-10-11-17(23)18(24)12-15/h2-12H,13H2,1H3. The molecule has 146 valence electrons. The van der Waals surface area contributed by atoms with Crippen molar-refractivity contribution < 1.29 is 4.74 Å². The average molecular weight is 443 g/mol. The Hall–Kier alpha value is -2.47. The van der Waals surface area contributed by atoms with E-state index in [-0.39, 0.29) is 5.56 Å². The fraction of sp³-hybridized carbons (Fsp3) is 0.0909. The number of hydrogen-bond donors (Lipinski definition) is 0. The summed E-state index contributed by atoms with van der Waals surface area (Å²) in [5.74, 6) is 1.39. The van der Waals surface area contributed by atoms with Gasteiger partial charge in [-0.15, -0.1) is 0 Å². The third-order valence-corrected chi connectivity index (χ3v) is 6.18. The van der Waals surface area contributed by atoms with Crippen LogP contribution in [0.1, 0.15) is 5.56 Å². The quantitative estimate of drug-likeness (QED) is 0.281. The van der Waals surface area contributed by atoms with E-state index in [4.69, 9.17) is 32.9 Å². The van der Waals surface area contributed by atoms with E-state index in [0.29, 0.717) is 37.5 Å². The molecule has 0 fully saturated rings. The molecule has 0 saturated heterocycles. The van der Waals surface area contributed by atoms with Crippen LogP contribution in [0.15, 0.2) is 76.7 Å². The summed E-state index contributed by atoms with van der Waals surface area (Å²) in [7, 11) is 1.64. The third kappa shape index (κ3) is 3.99. The van der Waals surface area contributed by atoms with Crippen LogP contribution in [0, 0.1) is 0 Å². The summed E-state index contributed by atoms with van der Waals surface area (Å²) in [5, 5.41) is 1.92. The smallest absolute Gasteiger partial charge is 0.266 e. The zero-order valence-electron chi connectivity index (χ0n) is 15.4. The number of nitrogens with zero attached hydrogens (tertiary/aromatic N) is 2. The Balaban J connectivity index is 1.85. The number of ether oxygens (including phenoxy) is 1. The molecule has 0 saturated carbocycles. The molecule has 0 radical (unpaired) electrons. The maximum atomic E-state index is 13.3. The van der Waals surface area contributed by atoms with Gasteiger partial charge in [0, 0.05) is 11.3 Å². The van der Waals surface area contributed by atoms with Crippen molar-refractivity contribution >= 4 is 45.9 Å². The van der Waals surface area contributed by atoms with E-state index >= 15 is 0 Å². The van der Waals surface area contributed by atoms with Crippen LogP contribution >= 0.6 is 35.0 Å². The van der Waals surface area contributed by atoms with Crippen LogP contribution in [-0.4, -0.2) is 16.7 Å². The largest absolute Gasteiger partial charge is 0.496 e. The molecule has 0 N–H and O–H groups in total. The van der Waals surface area contributed by atoms with Crippen molar-refractivity contribution in [3.05, 3.63) is 92.7 Å². The molecule has 0 atom stereocenters. The Labute approximate surface area is 182 Å². The van der Waals surface area contributed by atoms with Crippen molar-refractivity contribution in [3.63, 3.8) is 0 Å². The first kappa shape index (κ1) is 19.8. The van der Waals surface area contributed by atoms with Gasteiger partial charge in [-0.05, 0) is 36.4 Å². The molecule has 4 nitrogen and oxygen atoms in total. The van der Waals surface area contributed by atoms with Gasteiger partial charge in [0.2, 0.25) is 0 Å². The first-order chi connectivity index (χ1) is 14.1.